The van der Waals surface area contributed by atoms with Gasteiger partial charge in [0.1, 0.15) is 5.82 Å². The number of likely N-dealkylation sites (tertiary alicyclic amines) is 1. The number of benzene rings is 1. The molecule has 1 amide bonds. The first-order valence-corrected chi connectivity index (χ1v) is 12.2. The van der Waals surface area contributed by atoms with Gasteiger partial charge in [-0.25, -0.2) is 17.5 Å². The maximum Gasteiger partial charge on any atom is 0.256 e. The quantitative estimate of drug-likeness (QED) is 0.701. The molecule has 9 heteroatoms. The van der Waals surface area contributed by atoms with Gasteiger partial charge in [-0.3, -0.25) is 9.69 Å². The summed E-state index contributed by atoms with van der Waals surface area (Å²) in [4.78, 5) is 16.8. The van der Waals surface area contributed by atoms with Crippen LogP contribution >= 0.6 is 0 Å². The van der Waals surface area contributed by atoms with Gasteiger partial charge in [0.15, 0.2) is 0 Å². The number of morpholine rings is 1. The fraction of sp³-hybridized carbons (Fsp3) is 0.667. The maximum absolute atomic E-state index is 14.4. The number of carbonyl (C=O) groups is 1. The number of carbonyl (C=O) groups excluding carboxylic acids is 1. The molecule has 30 heavy (non-hydrogen) atoms. The molecular formula is C21H32FN3O4S. The number of sulfonamides is 1. The van der Waals surface area contributed by atoms with Crippen LogP contribution in [0.15, 0.2) is 23.1 Å². The molecular weight excluding hydrogens is 409 g/mol. The zero-order valence-corrected chi connectivity index (χ0v) is 18.6. The predicted octanol–water partition coefficient (Wildman–Crippen LogP) is 2.09. The molecule has 1 aromatic rings. The number of hydrogen-bond donors (Lipinski definition) is 1. The average Bonchev–Trinajstić information content (AvgIpc) is 2.72. The monoisotopic (exact) mass is 441 g/mol. The van der Waals surface area contributed by atoms with E-state index < -0.39 is 21.7 Å². The number of amides is 1. The molecule has 0 spiro atoms. The van der Waals surface area contributed by atoms with Gasteiger partial charge < -0.3 is 9.64 Å². The van der Waals surface area contributed by atoms with Crippen LogP contribution in [0.3, 0.4) is 0 Å². The molecule has 0 aromatic heterocycles. The molecule has 0 aliphatic carbocycles. The minimum Gasteiger partial charge on any atom is -0.379 e. The minimum absolute atomic E-state index is 0.0960. The lowest BCUT2D eigenvalue weighted by Crippen LogP contribution is -2.41. The molecule has 168 valence electrons. The van der Waals surface area contributed by atoms with Crippen LogP contribution in [0, 0.1) is 11.7 Å². The molecule has 1 aromatic carbocycles. The van der Waals surface area contributed by atoms with Crippen LogP contribution in [0.5, 0.6) is 0 Å². The number of halogens is 1. The molecule has 2 saturated heterocycles. The van der Waals surface area contributed by atoms with Crippen LogP contribution in [0.2, 0.25) is 0 Å². The average molecular weight is 442 g/mol. The standard InChI is InChI=1S/C21H32FN3O4S/c1-16(2)23-30(27,28)18-3-4-20(22)19(15-18)21(26)25-9-6-17(7-10-25)5-8-24-11-13-29-14-12-24/h3-4,15-17,23H,5-14H2,1-2H3. The number of rotatable bonds is 7. The van der Waals surface area contributed by atoms with Crippen molar-refractivity contribution in [3.05, 3.63) is 29.6 Å². The lowest BCUT2D eigenvalue weighted by Gasteiger charge is -2.34. The Morgan fingerprint density at radius 3 is 2.50 bits per heavy atom. The van der Waals surface area contributed by atoms with Gasteiger partial charge >= 0.3 is 0 Å². The maximum atomic E-state index is 14.4. The van der Waals surface area contributed by atoms with E-state index in [9.17, 15) is 17.6 Å². The summed E-state index contributed by atoms with van der Waals surface area (Å²) in [5.41, 5.74) is -0.187. The number of piperidine rings is 1. The third-order valence-corrected chi connectivity index (χ3v) is 7.38. The number of nitrogens with one attached hydrogen (secondary N) is 1. The van der Waals surface area contributed by atoms with Crippen LogP contribution in [0.25, 0.3) is 0 Å². The van der Waals surface area contributed by atoms with E-state index in [0.717, 1.165) is 64.2 Å². The zero-order valence-electron chi connectivity index (χ0n) is 17.8. The van der Waals surface area contributed by atoms with Crippen molar-refractivity contribution in [2.45, 2.75) is 44.0 Å². The molecule has 0 bridgehead atoms. The summed E-state index contributed by atoms with van der Waals surface area (Å²) in [6.45, 7) is 9.11. The fourth-order valence-corrected chi connectivity index (χ4v) is 5.28. The normalized spacial score (nSPS) is 19.4. The van der Waals surface area contributed by atoms with E-state index in [-0.39, 0.29) is 16.5 Å². The van der Waals surface area contributed by atoms with Crippen LogP contribution in [-0.4, -0.2) is 76.1 Å². The van der Waals surface area contributed by atoms with Gasteiger partial charge in [0.2, 0.25) is 10.0 Å². The molecule has 0 saturated carbocycles. The van der Waals surface area contributed by atoms with Gasteiger partial charge in [-0.05, 0) is 63.8 Å². The van der Waals surface area contributed by atoms with Crippen molar-refractivity contribution < 1.29 is 22.3 Å². The van der Waals surface area contributed by atoms with E-state index in [1.54, 1.807) is 18.7 Å². The van der Waals surface area contributed by atoms with Gasteiger partial charge in [0, 0.05) is 32.2 Å². The SMILES string of the molecule is CC(C)NS(=O)(=O)c1ccc(F)c(C(=O)N2CCC(CCN3CCOCC3)CC2)c1. The molecule has 2 aliphatic rings. The van der Waals surface area contributed by atoms with Gasteiger partial charge in [-0.1, -0.05) is 0 Å². The number of ether oxygens (including phenoxy) is 1. The highest BCUT2D eigenvalue weighted by molar-refractivity contribution is 7.89. The van der Waals surface area contributed by atoms with Crippen molar-refractivity contribution in [3.63, 3.8) is 0 Å². The van der Waals surface area contributed by atoms with Crippen molar-refractivity contribution in [2.75, 3.05) is 45.9 Å². The first-order valence-electron chi connectivity index (χ1n) is 10.7. The highest BCUT2D eigenvalue weighted by Gasteiger charge is 2.27. The summed E-state index contributed by atoms with van der Waals surface area (Å²) in [5.74, 6) is -0.595. The Hall–Kier alpha value is -1.55. The zero-order chi connectivity index (χ0) is 21.7. The van der Waals surface area contributed by atoms with E-state index in [1.807, 2.05) is 0 Å². The Morgan fingerprint density at radius 2 is 1.87 bits per heavy atom. The summed E-state index contributed by atoms with van der Waals surface area (Å²) in [6, 6.07) is 3.09. The number of nitrogens with zero attached hydrogens (tertiary/aromatic N) is 2. The topological polar surface area (TPSA) is 79.0 Å². The molecule has 3 rings (SSSR count). The van der Waals surface area contributed by atoms with Gasteiger partial charge in [-0.15, -0.1) is 0 Å². The van der Waals surface area contributed by atoms with E-state index in [1.165, 1.54) is 6.07 Å². The van der Waals surface area contributed by atoms with Crippen molar-refractivity contribution in [2.24, 2.45) is 5.92 Å². The van der Waals surface area contributed by atoms with E-state index in [4.69, 9.17) is 4.74 Å². The van der Waals surface area contributed by atoms with Gasteiger partial charge in [-0.2, -0.15) is 0 Å². The molecule has 1 N–H and O–H groups in total. The third-order valence-electron chi connectivity index (χ3n) is 5.73. The molecule has 0 radical (unpaired) electrons. The van der Waals surface area contributed by atoms with Crippen LogP contribution < -0.4 is 4.72 Å². The van der Waals surface area contributed by atoms with Crippen LogP contribution in [0.1, 0.15) is 43.5 Å². The van der Waals surface area contributed by atoms with Crippen molar-refractivity contribution >= 4 is 15.9 Å². The highest BCUT2D eigenvalue weighted by atomic mass is 32.2. The molecule has 7 nitrogen and oxygen atoms in total. The smallest absolute Gasteiger partial charge is 0.256 e. The lowest BCUT2D eigenvalue weighted by atomic mass is 9.93. The summed E-state index contributed by atoms with van der Waals surface area (Å²) in [7, 11) is -3.79. The Kier molecular flexibility index (Phi) is 7.84. The summed E-state index contributed by atoms with van der Waals surface area (Å²) in [5, 5.41) is 0. The molecule has 2 fully saturated rings. The van der Waals surface area contributed by atoms with Gasteiger partial charge in [0.05, 0.1) is 23.7 Å². The number of hydrogen-bond acceptors (Lipinski definition) is 5. The second-order valence-corrected chi connectivity index (χ2v) is 10.1. The van der Waals surface area contributed by atoms with E-state index >= 15 is 0 Å². The molecule has 0 unspecified atom stereocenters. The summed E-state index contributed by atoms with van der Waals surface area (Å²) >= 11 is 0. The predicted molar refractivity (Wildman–Crippen MR) is 112 cm³/mol. The Labute approximate surface area is 178 Å². The first kappa shape index (κ1) is 23.1. The Morgan fingerprint density at radius 1 is 1.20 bits per heavy atom. The second kappa shape index (κ2) is 10.2. The largest absolute Gasteiger partial charge is 0.379 e. The lowest BCUT2D eigenvalue weighted by molar-refractivity contribution is 0.0332. The Balaban J connectivity index is 1.58. The van der Waals surface area contributed by atoms with Crippen molar-refractivity contribution in [3.8, 4) is 0 Å². The van der Waals surface area contributed by atoms with Crippen LogP contribution in [-0.2, 0) is 14.8 Å². The van der Waals surface area contributed by atoms with Crippen molar-refractivity contribution in [1.82, 2.24) is 14.5 Å². The molecule has 0 atom stereocenters. The van der Waals surface area contributed by atoms with Gasteiger partial charge in [0.25, 0.3) is 5.91 Å². The van der Waals surface area contributed by atoms with E-state index in [2.05, 4.69) is 9.62 Å². The summed E-state index contributed by atoms with van der Waals surface area (Å²) in [6.07, 6.45) is 2.85. The van der Waals surface area contributed by atoms with Crippen molar-refractivity contribution in [1.29, 1.82) is 0 Å². The summed E-state index contributed by atoms with van der Waals surface area (Å²) < 4.78 is 46.9. The molecule has 2 heterocycles. The van der Waals surface area contributed by atoms with E-state index in [0.29, 0.717) is 19.0 Å². The fourth-order valence-electron chi connectivity index (χ4n) is 4.00. The first-order chi connectivity index (χ1) is 14.3. The highest BCUT2D eigenvalue weighted by Crippen LogP contribution is 2.24. The van der Waals surface area contributed by atoms with Crippen LogP contribution in [0.4, 0.5) is 4.39 Å². The third kappa shape index (κ3) is 6.00. The Bertz CT molecular complexity index is 833. The molecule has 2 aliphatic heterocycles. The second-order valence-electron chi connectivity index (χ2n) is 8.40. The minimum atomic E-state index is -3.79.